The summed E-state index contributed by atoms with van der Waals surface area (Å²) in [7, 11) is 0. The first kappa shape index (κ1) is 25.9. The van der Waals surface area contributed by atoms with Crippen molar-refractivity contribution in [1.29, 1.82) is 0 Å². The van der Waals surface area contributed by atoms with Crippen molar-refractivity contribution in [2.75, 3.05) is 13.2 Å². The molecule has 4 unspecified atom stereocenters. The molecule has 0 saturated heterocycles. The number of aromatic hydroxyl groups is 1. The Morgan fingerprint density at radius 1 is 1.00 bits per heavy atom. The Bertz CT molecular complexity index is 769. The summed E-state index contributed by atoms with van der Waals surface area (Å²) in [5, 5.41) is 35.4. The molecule has 1 aromatic rings. The summed E-state index contributed by atoms with van der Waals surface area (Å²) in [6.45, 7) is 2.34. The summed E-state index contributed by atoms with van der Waals surface area (Å²) in [5.74, 6) is -3.80. The van der Waals surface area contributed by atoms with Gasteiger partial charge in [0.25, 0.3) is 0 Å². The van der Waals surface area contributed by atoms with Gasteiger partial charge in [0, 0.05) is 6.42 Å². The van der Waals surface area contributed by atoms with Crippen LogP contribution in [0.25, 0.3) is 0 Å². The van der Waals surface area contributed by atoms with Crippen molar-refractivity contribution in [2.45, 2.75) is 44.8 Å². The largest absolute Gasteiger partial charge is 0.508 e. The standard InChI is InChI=1S/C20H30N4O7/c1-3-11(2)17(20(30)31)24-18(28)14(8-12-4-6-13(26)7-5-12)23-19(29)15(10-25)22-16(27)9-21/h4-7,11,14-15,17,25-26H,3,8-10,21H2,1-2H3,(H,22,27)(H,23,29)(H,24,28)(H,30,31). The normalized spacial score (nSPS) is 14.6. The van der Waals surface area contributed by atoms with E-state index in [1.54, 1.807) is 26.0 Å². The van der Waals surface area contributed by atoms with E-state index in [4.69, 9.17) is 5.73 Å². The summed E-state index contributed by atoms with van der Waals surface area (Å²) in [6.07, 6.45) is 0.484. The van der Waals surface area contributed by atoms with Crippen molar-refractivity contribution >= 4 is 23.7 Å². The summed E-state index contributed by atoms with van der Waals surface area (Å²) < 4.78 is 0. The highest BCUT2D eigenvalue weighted by atomic mass is 16.4. The first-order valence-corrected chi connectivity index (χ1v) is 9.84. The molecule has 0 bridgehead atoms. The molecule has 0 aliphatic heterocycles. The molecular formula is C20H30N4O7. The molecule has 0 aliphatic rings. The second kappa shape index (κ2) is 12.5. The summed E-state index contributed by atoms with van der Waals surface area (Å²) in [4.78, 5) is 48.4. The van der Waals surface area contributed by atoms with E-state index in [0.717, 1.165) is 0 Å². The fraction of sp³-hybridized carbons (Fsp3) is 0.500. The number of carbonyl (C=O) groups excluding carboxylic acids is 3. The maximum absolute atomic E-state index is 12.9. The number of benzene rings is 1. The van der Waals surface area contributed by atoms with E-state index in [1.807, 2.05) is 0 Å². The fourth-order valence-corrected chi connectivity index (χ4v) is 2.73. The molecule has 11 nitrogen and oxygen atoms in total. The van der Waals surface area contributed by atoms with Crippen molar-refractivity contribution in [3.05, 3.63) is 29.8 Å². The van der Waals surface area contributed by atoms with Gasteiger partial charge >= 0.3 is 5.97 Å². The average Bonchev–Trinajstić information content (AvgIpc) is 2.75. The molecule has 172 valence electrons. The molecule has 0 fully saturated rings. The van der Waals surface area contributed by atoms with E-state index < -0.39 is 55.0 Å². The summed E-state index contributed by atoms with van der Waals surface area (Å²) >= 11 is 0. The Kier molecular flexibility index (Phi) is 10.4. The third kappa shape index (κ3) is 8.22. The van der Waals surface area contributed by atoms with Gasteiger partial charge in [-0.3, -0.25) is 14.4 Å². The second-order valence-corrected chi connectivity index (χ2v) is 7.15. The van der Waals surface area contributed by atoms with Gasteiger partial charge in [-0.05, 0) is 23.6 Å². The summed E-state index contributed by atoms with van der Waals surface area (Å²) in [6, 6.07) is 2.20. The molecule has 3 amide bonds. The molecule has 1 aromatic carbocycles. The molecule has 0 heterocycles. The third-order valence-corrected chi connectivity index (χ3v) is 4.81. The quantitative estimate of drug-likeness (QED) is 0.204. The second-order valence-electron chi connectivity index (χ2n) is 7.15. The number of nitrogens with two attached hydrogens (primary N) is 1. The van der Waals surface area contributed by atoms with Crippen molar-refractivity contribution in [3.8, 4) is 5.75 Å². The fourth-order valence-electron chi connectivity index (χ4n) is 2.73. The number of phenols is 1. The van der Waals surface area contributed by atoms with Gasteiger partial charge in [-0.25, -0.2) is 4.79 Å². The van der Waals surface area contributed by atoms with Crippen molar-refractivity contribution in [3.63, 3.8) is 0 Å². The first-order valence-electron chi connectivity index (χ1n) is 9.84. The van der Waals surface area contributed by atoms with Crippen LogP contribution in [-0.4, -0.2) is 70.3 Å². The molecule has 4 atom stereocenters. The predicted molar refractivity (Wildman–Crippen MR) is 111 cm³/mol. The molecule has 0 radical (unpaired) electrons. The van der Waals surface area contributed by atoms with Gasteiger partial charge in [0.05, 0.1) is 13.2 Å². The maximum Gasteiger partial charge on any atom is 0.326 e. The minimum absolute atomic E-state index is 0.0151. The minimum atomic E-state index is -1.34. The minimum Gasteiger partial charge on any atom is -0.508 e. The van der Waals surface area contributed by atoms with Crippen molar-refractivity contribution in [2.24, 2.45) is 11.7 Å². The van der Waals surface area contributed by atoms with Gasteiger partial charge in [0.2, 0.25) is 17.7 Å². The topological polar surface area (TPSA) is 191 Å². The average molecular weight is 438 g/mol. The number of rotatable bonds is 12. The molecule has 1 rings (SSSR count). The monoisotopic (exact) mass is 438 g/mol. The highest BCUT2D eigenvalue weighted by molar-refractivity contribution is 5.93. The van der Waals surface area contributed by atoms with Crippen LogP contribution in [0.4, 0.5) is 0 Å². The van der Waals surface area contributed by atoms with Crippen LogP contribution in [0.2, 0.25) is 0 Å². The Morgan fingerprint density at radius 3 is 2.06 bits per heavy atom. The van der Waals surface area contributed by atoms with Crippen LogP contribution in [0.1, 0.15) is 25.8 Å². The van der Waals surface area contributed by atoms with Crippen LogP contribution in [0, 0.1) is 5.92 Å². The predicted octanol–water partition coefficient (Wildman–Crippen LogP) is -1.53. The van der Waals surface area contributed by atoms with E-state index in [-0.39, 0.29) is 18.1 Å². The Labute approximate surface area is 180 Å². The molecule has 31 heavy (non-hydrogen) atoms. The molecule has 0 aromatic heterocycles. The summed E-state index contributed by atoms with van der Waals surface area (Å²) in [5.41, 5.74) is 5.78. The lowest BCUT2D eigenvalue weighted by Gasteiger charge is -2.26. The van der Waals surface area contributed by atoms with Crippen molar-refractivity contribution in [1.82, 2.24) is 16.0 Å². The molecule has 0 aliphatic carbocycles. The molecule has 0 spiro atoms. The lowest BCUT2D eigenvalue weighted by atomic mass is 9.98. The molecule has 8 N–H and O–H groups in total. The number of amides is 3. The number of aliphatic carboxylic acids is 1. The highest BCUT2D eigenvalue weighted by Gasteiger charge is 2.31. The number of aliphatic hydroxyl groups excluding tert-OH is 1. The van der Waals surface area contributed by atoms with Crippen LogP contribution in [0.3, 0.4) is 0 Å². The van der Waals surface area contributed by atoms with E-state index in [0.29, 0.717) is 12.0 Å². The van der Waals surface area contributed by atoms with Gasteiger partial charge in [-0.2, -0.15) is 0 Å². The van der Waals surface area contributed by atoms with Crippen LogP contribution < -0.4 is 21.7 Å². The highest BCUT2D eigenvalue weighted by Crippen LogP contribution is 2.13. The number of aliphatic hydroxyl groups is 1. The number of phenolic OH excluding ortho intramolecular Hbond substituents is 1. The van der Waals surface area contributed by atoms with E-state index in [1.165, 1.54) is 12.1 Å². The molecule has 11 heteroatoms. The lowest BCUT2D eigenvalue weighted by molar-refractivity contribution is -0.143. The van der Waals surface area contributed by atoms with Gasteiger partial charge in [-0.15, -0.1) is 0 Å². The zero-order valence-corrected chi connectivity index (χ0v) is 17.5. The number of hydrogen-bond acceptors (Lipinski definition) is 7. The Morgan fingerprint density at radius 2 is 1.58 bits per heavy atom. The SMILES string of the molecule is CCC(C)C(NC(=O)C(Cc1ccc(O)cc1)NC(=O)C(CO)NC(=O)CN)C(=O)O. The number of nitrogens with one attached hydrogen (secondary N) is 3. The number of carbonyl (C=O) groups is 4. The van der Waals surface area contributed by atoms with Crippen molar-refractivity contribution < 1.29 is 34.5 Å². The Balaban J connectivity index is 3.07. The van der Waals surface area contributed by atoms with Gasteiger partial charge in [0.15, 0.2) is 0 Å². The lowest BCUT2D eigenvalue weighted by Crippen LogP contribution is -2.58. The smallest absolute Gasteiger partial charge is 0.326 e. The van der Waals surface area contributed by atoms with Gasteiger partial charge < -0.3 is 37.0 Å². The number of hydrogen-bond donors (Lipinski definition) is 7. The van der Waals surface area contributed by atoms with E-state index in [2.05, 4.69) is 16.0 Å². The van der Waals surface area contributed by atoms with Gasteiger partial charge in [-0.1, -0.05) is 32.4 Å². The Hall–Kier alpha value is -3.18. The third-order valence-electron chi connectivity index (χ3n) is 4.81. The molecule has 0 saturated carbocycles. The van der Waals surface area contributed by atoms with E-state index in [9.17, 15) is 34.5 Å². The number of carboxylic acid groups (broad SMARTS) is 1. The van der Waals surface area contributed by atoms with Gasteiger partial charge in [0.1, 0.15) is 23.9 Å². The zero-order chi connectivity index (χ0) is 23.6. The number of carboxylic acids is 1. The first-order chi connectivity index (χ1) is 14.6. The molecular weight excluding hydrogens is 408 g/mol. The van der Waals surface area contributed by atoms with Crippen LogP contribution in [-0.2, 0) is 25.6 Å². The van der Waals surface area contributed by atoms with Crippen LogP contribution in [0.5, 0.6) is 5.75 Å². The van der Waals surface area contributed by atoms with Crippen LogP contribution >= 0.6 is 0 Å². The zero-order valence-electron chi connectivity index (χ0n) is 17.5. The maximum atomic E-state index is 12.9. The van der Waals surface area contributed by atoms with Crippen LogP contribution in [0.15, 0.2) is 24.3 Å². The van der Waals surface area contributed by atoms with E-state index >= 15 is 0 Å².